The van der Waals surface area contributed by atoms with Gasteiger partial charge in [0.15, 0.2) is 5.96 Å². The van der Waals surface area contributed by atoms with Crippen molar-refractivity contribution in [3.05, 3.63) is 84.1 Å². The number of hydrogen-bond donors (Lipinski definition) is 23. The van der Waals surface area contributed by atoms with Crippen LogP contribution in [0.1, 0.15) is 117 Å². The fourth-order valence-electron chi connectivity index (χ4n) is 11.7. The number of phosphoric ester groups is 1. The zero-order valence-electron chi connectivity index (χ0n) is 65.0. The Bertz CT molecular complexity index is 4210. The lowest BCUT2D eigenvalue weighted by Gasteiger charge is -2.29. The second-order valence-electron chi connectivity index (χ2n) is 28.0. The number of amides is 15. The highest BCUT2D eigenvalue weighted by Crippen LogP contribution is 2.37. The molecule has 0 saturated carbocycles. The number of carboxylic acid groups (broad SMARTS) is 1. The molecule has 0 spiro atoms. The number of nitrogens with two attached hydrogens (primary N) is 3. The topological polar surface area (TPSA) is 675 Å². The average molecular weight is 1680 g/mol. The van der Waals surface area contributed by atoms with Gasteiger partial charge in [-0.3, -0.25) is 91.9 Å². The third-order valence-electron chi connectivity index (χ3n) is 18.4. The van der Waals surface area contributed by atoms with Gasteiger partial charge in [-0.15, -0.1) is 0 Å². The summed E-state index contributed by atoms with van der Waals surface area (Å²) in [6.45, 7) is 11.1. The molecule has 26 N–H and O–H groups in total. The minimum Gasteiger partial charge on any atom is -0.481 e. The SMILES string of the molecule is CC[C@H](C)[C@H](NC(=O)[C@@H]1CSSC[C@H](NC(=O)[C@@H](NC(C)=O)[C@@H](C)CC)C(=O)N[C@@H](C(C)C)C(=O)N[C@@H](Cc2ccc(OP(=O)(O)O)cc2)C(=O)N[C@@H](CCC(N)=O)C(=O)N[C@@H](CC(=O)O)C(=O)N[C@@H](Cc2c[nH]c3ccccc23)C(=O)NCC(=O)N[C@@H](C)C(=O)N[C@@H](Cc2c[nH]cn2)C(=O)N[C@@H](CCCNC(=N)N)C(=O)N1)C(N)=O. The maximum atomic E-state index is 15.0. The predicted octanol–water partition coefficient (Wildman–Crippen LogP) is -4.00. The Morgan fingerprint density at radius 3 is 1.82 bits per heavy atom. The highest BCUT2D eigenvalue weighted by Gasteiger charge is 2.39. The van der Waals surface area contributed by atoms with Crippen molar-refractivity contribution in [1.82, 2.24) is 89.4 Å². The molecule has 0 aliphatic carbocycles. The van der Waals surface area contributed by atoms with Crippen molar-refractivity contribution in [2.75, 3.05) is 24.6 Å². The molecule has 1 saturated heterocycles. The van der Waals surface area contributed by atoms with E-state index in [1.54, 1.807) is 52.0 Å². The molecule has 0 bridgehead atoms. The molecule has 42 nitrogen and oxygen atoms in total. The van der Waals surface area contributed by atoms with E-state index in [9.17, 15) is 91.4 Å². The summed E-state index contributed by atoms with van der Waals surface area (Å²) in [5.41, 5.74) is 18.2. The summed E-state index contributed by atoms with van der Waals surface area (Å²) in [5, 5.41) is 53.7. The standard InChI is InChI=1S/C71H104N21O21PS2/c1-9-35(5)57(59(73)98)92-68(107)51-31-115-116-32-52(90-70(109)58(36(6)10-2)82-38(8)93)67(106)91-56(34(3)4)69(108)88-47(24-39-17-19-42(20-18-39)113-114(110,111)112)64(103)84-46(21-22-53(72)94)63(102)87-50(27-55(96)97)66(105)86-48(25-40-28-78-44-15-12-11-14-43(40)44)61(100)79-30-54(95)81-37(7)60(99)85-49(26-41-29-76-33-80-41)65(104)83-45(62(101)89-51)16-13-23-77-71(74)75/h11-12,14-15,17-20,28-29,33-37,45-52,56-58,78H,9-10,13,16,21-27,30-32H2,1-8H3,(H2,72,94)(H2,73,98)(H,76,80)(H,79,100)(H,81,95)(H,82,93)(H,83,104)(H,84,103)(H,85,99)(H,86,105)(H,87,102)(H,88,108)(H,89,101)(H,90,109)(H,91,106)(H,92,107)(H,96,97)(H4,74,75,77)(H2,110,111,112)/t35-,36-,37-,45-,46-,47-,48-,49-,50-,51-,52-,56-,57-,58-/m0/s1. The molecule has 1 aliphatic heterocycles. The predicted molar refractivity (Wildman–Crippen MR) is 422 cm³/mol. The number of aromatic nitrogens is 3. The van der Waals surface area contributed by atoms with Crippen molar-refractivity contribution in [2.24, 2.45) is 35.0 Å². The lowest BCUT2D eigenvalue weighted by atomic mass is 9.97. The molecular formula is C71H104N21O21PS2. The van der Waals surface area contributed by atoms with Crippen LogP contribution in [-0.2, 0) is 101 Å². The van der Waals surface area contributed by atoms with Crippen LogP contribution in [0.25, 0.3) is 10.9 Å². The van der Waals surface area contributed by atoms with Crippen LogP contribution in [0.5, 0.6) is 5.75 Å². The maximum Gasteiger partial charge on any atom is 0.524 e. The molecule has 45 heteroatoms. The van der Waals surface area contributed by atoms with E-state index < -0.39 is 242 Å². The van der Waals surface area contributed by atoms with Crippen molar-refractivity contribution < 1.29 is 101 Å². The first kappa shape index (κ1) is 95.2. The Morgan fingerprint density at radius 2 is 1.22 bits per heavy atom. The number of carbonyl (C=O) groups excluding carboxylic acids is 15. The van der Waals surface area contributed by atoms with Crippen molar-refractivity contribution in [3.8, 4) is 5.75 Å². The van der Waals surface area contributed by atoms with Gasteiger partial charge in [0.2, 0.25) is 88.6 Å². The molecule has 5 rings (SSSR count). The average Bonchev–Trinajstić information content (AvgIpc) is 1.78. The number of nitrogens with one attached hydrogen (secondary N) is 17. The summed E-state index contributed by atoms with van der Waals surface area (Å²) < 4.78 is 16.5. The number of benzene rings is 2. The molecule has 4 aromatic rings. The summed E-state index contributed by atoms with van der Waals surface area (Å²) in [5.74, 6) is -21.0. The first-order valence-corrected chi connectivity index (χ1v) is 41.1. The molecule has 2 aromatic carbocycles. The van der Waals surface area contributed by atoms with Crippen LogP contribution in [0, 0.1) is 23.2 Å². The third kappa shape index (κ3) is 31.8. The number of phosphoric acid groups is 1. The van der Waals surface area contributed by atoms with Gasteiger partial charge in [-0.1, -0.05) is 106 Å². The van der Waals surface area contributed by atoms with Crippen LogP contribution < -0.4 is 96.2 Å². The molecular weight excluding hydrogens is 1580 g/mol. The number of carboxylic acids is 1. The fourth-order valence-corrected chi connectivity index (χ4v) is 14.4. The number of para-hydroxylation sites is 1. The molecule has 1 fully saturated rings. The highest BCUT2D eigenvalue weighted by molar-refractivity contribution is 8.76. The first-order chi connectivity index (χ1) is 54.7. The number of primary amides is 2. The zero-order valence-corrected chi connectivity index (χ0v) is 67.6. The van der Waals surface area contributed by atoms with Gasteiger partial charge in [-0.05, 0) is 73.3 Å². The van der Waals surface area contributed by atoms with E-state index in [2.05, 4.69) is 93.9 Å². The second kappa shape index (κ2) is 46.2. The zero-order chi connectivity index (χ0) is 86.3. The number of guanidine groups is 1. The van der Waals surface area contributed by atoms with E-state index in [4.69, 9.17) is 22.6 Å². The summed E-state index contributed by atoms with van der Waals surface area (Å²) in [4.78, 5) is 255. The van der Waals surface area contributed by atoms with Gasteiger partial charge in [0.25, 0.3) is 0 Å². The molecule has 1 aliphatic rings. The normalized spacial score (nSPS) is 22.4. The number of imidazole rings is 1. The Balaban J connectivity index is 1.70. The number of rotatable bonds is 28. The number of nitrogens with zero attached hydrogens (tertiary/aromatic N) is 1. The van der Waals surface area contributed by atoms with E-state index in [0.717, 1.165) is 40.6 Å². The van der Waals surface area contributed by atoms with Gasteiger partial charge in [-0.25, -0.2) is 9.55 Å². The number of aliphatic carboxylic acids is 1. The van der Waals surface area contributed by atoms with Crippen LogP contribution in [-0.4, -0.2) is 227 Å². The molecule has 14 atom stereocenters. The first-order valence-electron chi connectivity index (χ1n) is 37.0. The van der Waals surface area contributed by atoms with Gasteiger partial charge in [0.1, 0.15) is 78.3 Å². The Hall–Kier alpha value is -11.4. The lowest BCUT2D eigenvalue weighted by molar-refractivity contribution is -0.141. The molecule has 116 heavy (non-hydrogen) atoms. The van der Waals surface area contributed by atoms with Crippen molar-refractivity contribution >= 4 is 141 Å². The summed E-state index contributed by atoms with van der Waals surface area (Å²) in [6.07, 6.45) is 0.788. The maximum absolute atomic E-state index is 15.0. The number of carbonyl (C=O) groups is 16. The summed E-state index contributed by atoms with van der Waals surface area (Å²) >= 11 is 0. The monoisotopic (exact) mass is 1680 g/mol. The lowest BCUT2D eigenvalue weighted by Crippen LogP contribution is -2.61. The van der Waals surface area contributed by atoms with Crippen LogP contribution in [0.2, 0.25) is 0 Å². The van der Waals surface area contributed by atoms with Crippen LogP contribution in [0.15, 0.2) is 67.3 Å². The van der Waals surface area contributed by atoms with Crippen molar-refractivity contribution in [2.45, 2.75) is 192 Å². The van der Waals surface area contributed by atoms with E-state index in [0.29, 0.717) is 29.3 Å². The Kier molecular flexibility index (Phi) is 38.0. The number of aromatic amines is 2. The van der Waals surface area contributed by atoms with Gasteiger partial charge in [0.05, 0.1) is 25.0 Å². The molecule has 3 heterocycles. The second-order valence-corrected chi connectivity index (χ2v) is 31.7. The van der Waals surface area contributed by atoms with E-state index in [1.807, 2.05) is 0 Å². The van der Waals surface area contributed by atoms with E-state index in [-0.39, 0.29) is 49.2 Å². The van der Waals surface area contributed by atoms with Crippen LogP contribution >= 0.6 is 29.4 Å². The smallest absolute Gasteiger partial charge is 0.481 e. The third-order valence-corrected chi connectivity index (χ3v) is 21.3. The van der Waals surface area contributed by atoms with Gasteiger partial charge in [0, 0.05) is 74.0 Å². The van der Waals surface area contributed by atoms with Crippen LogP contribution in [0.3, 0.4) is 0 Å². The molecule has 15 amide bonds. The quantitative estimate of drug-likeness (QED) is 0.00847. The summed E-state index contributed by atoms with van der Waals surface area (Å²) in [6, 6.07) is -8.44. The number of hydrogen-bond acceptors (Lipinski definition) is 22. The van der Waals surface area contributed by atoms with Gasteiger partial charge < -0.3 is 111 Å². The molecule has 636 valence electrons. The van der Waals surface area contributed by atoms with Crippen molar-refractivity contribution in [3.63, 3.8) is 0 Å². The molecule has 0 radical (unpaired) electrons. The highest BCUT2D eigenvalue weighted by atomic mass is 33.1. The Labute approximate surface area is 674 Å². The number of fused-ring (bicyclic) bond motifs is 1. The van der Waals surface area contributed by atoms with E-state index >= 15 is 4.79 Å². The molecule has 2 aromatic heterocycles. The fraction of sp³-hybridized carbons (Fsp3) is 0.521. The Morgan fingerprint density at radius 1 is 0.655 bits per heavy atom. The number of H-pyrrole nitrogens is 2. The van der Waals surface area contributed by atoms with Crippen molar-refractivity contribution in [1.29, 1.82) is 5.41 Å². The molecule has 0 unspecified atom stereocenters. The van der Waals surface area contributed by atoms with Crippen LogP contribution in [0.4, 0.5) is 0 Å². The summed E-state index contributed by atoms with van der Waals surface area (Å²) in [7, 11) is -3.45. The largest absolute Gasteiger partial charge is 0.524 e. The minimum absolute atomic E-state index is 0.00746. The van der Waals surface area contributed by atoms with Gasteiger partial charge >= 0.3 is 13.8 Å². The van der Waals surface area contributed by atoms with E-state index in [1.165, 1.54) is 51.6 Å². The van der Waals surface area contributed by atoms with Gasteiger partial charge in [-0.2, -0.15) is 0 Å². The minimum atomic E-state index is -5.12.